The second kappa shape index (κ2) is 9.12. The number of carbonyl (C=O) groups excluding carboxylic acids is 1. The van der Waals surface area contributed by atoms with Crippen LogP contribution in [0.2, 0.25) is 0 Å². The summed E-state index contributed by atoms with van der Waals surface area (Å²) in [7, 11) is 0. The molecular formula is C20H21F3N4O3. The number of alkyl halides is 3. The molecule has 1 aliphatic rings. The fourth-order valence-electron chi connectivity index (χ4n) is 3.31. The largest absolute Gasteiger partial charge is 0.416 e. The van der Waals surface area contributed by atoms with Gasteiger partial charge in [0.2, 0.25) is 0 Å². The maximum Gasteiger partial charge on any atom is 0.416 e. The predicted molar refractivity (Wildman–Crippen MR) is 106 cm³/mol. The van der Waals surface area contributed by atoms with Crippen LogP contribution in [0.4, 0.5) is 24.5 Å². The molecule has 2 aromatic carbocycles. The van der Waals surface area contributed by atoms with E-state index in [0.717, 1.165) is 37.9 Å². The molecule has 1 heterocycles. The molecule has 7 nitrogen and oxygen atoms in total. The van der Waals surface area contributed by atoms with Crippen molar-refractivity contribution in [2.24, 2.45) is 0 Å². The fraction of sp³-hybridized carbons (Fsp3) is 0.350. The van der Waals surface area contributed by atoms with Crippen molar-refractivity contribution in [3.05, 3.63) is 69.8 Å². The van der Waals surface area contributed by atoms with Crippen LogP contribution in [0.5, 0.6) is 0 Å². The Bertz CT molecular complexity index is 898. The number of rotatable bonds is 6. The van der Waals surface area contributed by atoms with Crippen molar-refractivity contribution in [2.75, 3.05) is 44.2 Å². The topological polar surface area (TPSA) is 78.7 Å². The number of non-ortho nitro benzene ring substituents is 1. The zero-order chi connectivity index (χ0) is 21.7. The van der Waals surface area contributed by atoms with Gasteiger partial charge >= 0.3 is 6.18 Å². The summed E-state index contributed by atoms with van der Waals surface area (Å²) in [6.07, 6.45) is -4.78. The van der Waals surface area contributed by atoms with Crippen molar-refractivity contribution >= 4 is 17.3 Å². The fourth-order valence-corrected chi connectivity index (χ4v) is 3.31. The summed E-state index contributed by atoms with van der Waals surface area (Å²) >= 11 is 0. The summed E-state index contributed by atoms with van der Waals surface area (Å²) in [5.41, 5.74) is -1.23. The number of nitrogens with zero attached hydrogens (tertiary/aromatic N) is 3. The molecule has 1 fully saturated rings. The van der Waals surface area contributed by atoms with Gasteiger partial charge in [0.15, 0.2) is 0 Å². The van der Waals surface area contributed by atoms with E-state index in [2.05, 4.69) is 15.1 Å². The van der Waals surface area contributed by atoms with Gasteiger partial charge < -0.3 is 10.2 Å². The number of nitrogens with one attached hydrogen (secondary N) is 1. The Morgan fingerprint density at radius 3 is 2.33 bits per heavy atom. The van der Waals surface area contributed by atoms with E-state index < -0.39 is 28.3 Å². The molecule has 1 amide bonds. The molecule has 10 heteroatoms. The lowest BCUT2D eigenvalue weighted by Crippen LogP contribution is -2.48. The molecule has 0 spiro atoms. The average molecular weight is 422 g/mol. The lowest BCUT2D eigenvalue weighted by molar-refractivity contribution is -0.385. The first-order valence-electron chi connectivity index (χ1n) is 9.41. The smallest absolute Gasteiger partial charge is 0.369 e. The Kier molecular flexibility index (Phi) is 6.56. The van der Waals surface area contributed by atoms with Gasteiger partial charge in [-0.2, -0.15) is 13.2 Å². The minimum absolute atomic E-state index is 0.230. The number of para-hydroxylation sites is 1. The molecule has 30 heavy (non-hydrogen) atoms. The van der Waals surface area contributed by atoms with Crippen molar-refractivity contribution < 1.29 is 22.9 Å². The minimum Gasteiger partial charge on any atom is -0.369 e. The van der Waals surface area contributed by atoms with Gasteiger partial charge in [-0.15, -0.1) is 0 Å². The molecule has 0 radical (unpaired) electrons. The molecule has 1 N–H and O–H groups in total. The predicted octanol–water partition coefficient (Wildman–Crippen LogP) is 3.17. The molecule has 1 aliphatic heterocycles. The molecule has 0 aliphatic carbocycles. The Balaban J connectivity index is 1.53. The Labute approximate surface area is 171 Å². The quantitative estimate of drug-likeness (QED) is 0.572. The Morgan fingerprint density at radius 2 is 1.73 bits per heavy atom. The van der Waals surface area contributed by atoms with E-state index in [1.54, 1.807) is 0 Å². The summed E-state index contributed by atoms with van der Waals surface area (Å²) in [6, 6.07) is 11.9. The zero-order valence-corrected chi connectivity index (χ0v) is 16.1. The highest BCUT2D eigenvalue weighted by Gasteiger charge is 2.33. The van der Waals surface area contributed by atoms with E-state index in [9.17, 15) is 28.1 Å². The summed E-state index contributed by atoms with van der Waals surface area (Å²) in [6.45, 7) is 4.01. The van der Waals surface area contributed by atoms with E-state index >= 15 is 0 Å². The molecule has 1 saturated heterocycles. The van der Waals surface area contributed by atoms with E-state index in [-0.39, 0.29) is 12.1 Å². The summed E-state index contributed by atoms with van der Waals surface area (Å²) < 4.78 is 38.9. The molecule has 0 unspecified atom stereocenters. The highest BCUT2D eigenvalue weighted by atomic mass is 19.4. The zero-order valence-electron chi connectivity index (χ0n) is 16.1. The number of amides is 1. The molecule has 0 saturated carbocycles. The Morgan fingerprint density at radius 1 is 1.07 bits per heavy atom. The molecule has 2 aromatic rings. The van der Waals surface area contributed by atoms with Gasteiger partial charge in [0, 0.05) is 62.7 Å². The van der Waals surface area contributed by atoms with Crippen molar-refractivity contribution in [1.29, 1.82) is 0 Å². The average Bonchev–Trinajstić information content (AvgIpc) is 2.74. The second-order valence-corrected chi connectivity index (χ2v) is 6.94. The number of nitro groups is 1. The molecule has 3 rings (SSSR count). The number of hydrogen-bond donors (Lipinski definition) is 1. The van der Waals surface area contributed by atoms with Gasteiger partial charge in [0.25, 0.3) is 11.6 Å². The second-order valence-electron chi connectivity index (χ2n) is 6.94. The van der Waals surface area contributed by atoms with E-state index in [1.807, 2.05) is 30.3 Å². The lowest BCUT2D eigenvalue weighted by Gasteiger charge is -2.36. The van der Waals surface area contributed by atoms with Gasteiger partial charge in [-0.1, -0.05) is 18.2 Å². The number of carbonyl (C=O) groups is 1. The summed E-state index contributed by atoms with van der Waals surface area (Å²) in [5.74, 6) is -0.771. The third-order valence-corrected chi connectivity index (χ3v) is 4.93. The van der Waals surface area contributed by atoms with Gasteiger partial charge in [0.1, 0.15) is 0 Å². The maximum atomic E-state index is 13.0. The molecular weight excluding hydrogens is 401 g/mol. The van der Waals surface area contributed by atoms with Crippen LogP contribution in [0.15, 0.2) is 48.5 Å². The maximum absolute atomic E-state index is 13.0. The number of nitro benzene ring substituents is 1. The van der Waals surface area contributed by atoms with Crippen molar-refractivity contribution in [3.8, 4) is 0 Å². The van der Waals surface area contributed by atoms with E-state index in [0.29, 0.717) is 18.7 Å². The van der Waals surface area contributed by atoms with Crippen molar-refractivity contribution in [3.63, 3.8) is 0 Å². The van der Waals surface area contributed by atoms with Crippen LogP contribution in [0.25, 0.3) is 0 Å². The van der Waals surface area contributed by atoms with Gasteiger partial charge in [-0.25, -0.2) is 0 Å². The number of anilines is 1. The monoisotopic (exact) mass is 422 g/mol. The molecule has 0 aromatic heterocycles. The first kappa shape index (κ1) is 21.6. The first-order valence-corrected chi connectivity index (χ1v) is 9.41. The van der Waals surface area contributed by atoms with Crippen LogP contribution in [0, 0.1) is 10.1 Å². The number of benzene rings is 2. The summed E-state index contributed by atoms with van der Waals surface area (Å²) in [4.78, 5) is 26.6. The van der Waals surface area contributed by atoms with E-state index in [1.165, 1.54) is 0 Å². The van der Waals surface area contributed by atoms with Crippen LogP contribution in [-0.2, 0) is 6.18 Å². The third kappa shape index (κ3) is 5.47. The minimum atomic E-state index is -4.78. The van der Waals surface area contributed by atoms with Gasteiger partial charge in [-0.3, -0.25) is 19.8 Å². The van der Waals surface area contributed by atoms with E-state index in [4.69, 9.17) is 0 Å². The van der Waals surface area contributed by atoms with Crippen LogP contribution in [-0.4, -0.2) is 55.0 Å². The van der Waals surface area contributed by atoms with Crippen LogP contribution >= 0.6 is 0 Å². The lowest BCUT2D eigenvalue weighted by atomic mass is 10.1. The van der Waals surface area contributed by atoms with Crippen molar-refractivity contribution in [1.82, 2.24) is 10.2 Å². The molecule has 0 atom stereocenters. The number of hydrogen-bond acceptors (Lipinski definition) is 5. The first-order chi connectivity index (χ1) is 14.2. The molecule has 160 valence electrons. The van der Waals surface area contributed by atoms with Crippen LogP contribution in [0.3, 0.4) is 0 Å². The SMILES string of the molecule is O=C(NCCN1CCN(c2ccccc2)CC1)c1cc([N+](=O)[O-])cc(C(F)(F)F)c1. The standard InChI is InChI=1S/C20H21F3N4O3/c21-20(22,23)16-12-15(13-18(14-16)27(29)30)19(28)24-6-7-25-8-10-26(11-9-25)17-4-2-1-3-5-17/h1-5,12-14H,6-11H2,(H,24,28). The van der Waals surface area contributed by atoms with Crippen LogP contribution in [0.1, 0.15) is 15.9 Å². The number of halogens is 3. The van der Waals surface area contributed by atoms with Crippen LogP contribution < -0.4 is 10.2 Å². The number of piperazine rings is 1. The highest BCUT2D eigenvalue weighted by molar-refractivity contribution is 5.95. The highest BCUT2D eigenvalue weighted by Crippen LogP contribution is 2.32. The van der Waals surface area contributed by atoms with Crippen molar-refractivity contribution in [2.45, 2.75) is 6.18 Å². The van der Waals surface area contributed by atoms with Gasteiger partial charge in [-0.05, 0) is 18.2 Å². The normalized spacial score (nSPS) is 15.1. The third-order valence-electron chi connectivity index (χ3n) is 4.93. The van der Waals surface area contributed by atoms with Gasteiger partial charge in [0.05, 0.1) is 10.5 Å². The Hall–Kier alpha value is -3.14. The summed E-state index contributed by atoms with van der Waals surface area (Å²) in [5, 5.41) is 13.5. The molecule has 0 bridgehead atoms.